The zero-order chi connectivity index (χ0) is 11.8. The summed E-state index contributed by atoms with van der Waals surface area (Å²) < 4.78 is 10.0. The molecule has 0 heterocycles. The van der Waals surface area contributed by atoms with Gasteiger partial charge in [0.15, 0.2) is 0 Å². The molecule has 0 aliphatic rings. The Morgan fingerprint density at radius 2 is 2.12 bits per heavy atom. The van der Waals surface area contributed by atoms with Gasteiger partial charge in [-0.25, -0.2) is 4.79 Å². The van der Waals surface area contributed by atoms with Crippen LogP contribution in [0.25, 0.3) is 0 Å². The van der Waals surface area contributed by atoms with E-state index in [1.54, 1.807) is 30.3 Å². The molecule has 1 atom stereocenters. The van der Waals surface area contributed by atoms with Crippen molar-refractivity contribution in [3.63, 3.8) is 0 Å². The highest BCUT2D eigenvalue weighted by molar-refractivity contribution is 5.63. The number of allylic oxidation sites excluding steroid dienone is 1. The molecule has 0 radical (unpaired) electrons. The van der Waals surface area contributed by atoms with Crippen molar-refractivity contribution >= 4 is 6.16 Å². The molecule has 0 aliphatic carbocycles. The summed E-state index contributed by atoms with van der Waals surface area (Å²) in [5, 5.41) is 0. The monoisotopic (exact) mass is 220 g/mol. The molecule has 1 aromatic carbocycles. The summed E-state index contributed by atoms with van der Waals surface area (Å²) >= 11 is 0. The molecule has 0 saturated heterocycles. The number of hydrogen-bond acceptors (Lipinski definition) is 3. The van der Waals surface area contributed by atoms with E-state index in [-0.39, 0.29) is 6.10 Å². The molecule has 0 aliphatic heterocycles. The van der Waals surface area contributed by atoms with Gasteiger partial charge in [0.2, 0.25) is 0 Å². The van der Waals surface area contributed by atoms with E-state index in [0.29, 0.717) is 5.75 Å². The van der Waals surface area contributed by atoms with Crippen molar-refractivity contribution in [1.82, 2.24) is 0 Å². The van der Waals surface area contributed by atoms with Crippen LogP contribution in [-0.2, 0) is 4.74 Å². The quantitative estimate of drug-likeness (QED) is 0.432. The minimum absolute atomic E-state index is 0.158. The summed E-state index contributed by atoms with van der Waals surface area (Å²) in [4.78, 5) is 11.3. The molecule has 16 heavy (non-hydrogen) atoms. The first-order valence-electron chi connectivity index (χ1n) is 5.26. The van der Waals surface area contributed by atoms with Gasteiger partial charge in [0.25, 0.3) is 0 Å². The van der Waals surface area contributed by atoms with E-state index in [1.807, 2.05) is 13.0 Å². The lowest BCUT2D eigenvalue weighted by molar-refractivity contribution is 0.0628. The molecule has 3 heteroatoms. The van der Waals surface area contributed by atoms with E-state index in [9.17, 15) is 4.79 Å². The van der Waals surface area contributed by atoms with Crippen molar-refractivity contribution in [2.75, 3.05) is 0 Å². The van der Waals surface area contributed by atoms with Crippen LogP contribution in [0.5, 0.6) is 5.75 Å². The lowest BCUT2D eigenvalue weighted by Gasteiger charge is -2.11. The first-order valence-corrected chi connectivity index (χ1v) is 5.26. The summed E-state index contributed by atoms with van der Waals surface area (Å²) in [6.45, 7) is 5.44. The Bertz CT molecular complexity index is 332. The molecule has 0 aromatic heterocycles. The third-order valence-electron chi connectivity index (χ3n) is 2.02. The van der Waals surface area contributed by atoms with Crippen LogP contribution in [0.3, 0.4) is 0 Å². The average molecular weight is 220 g/mol. The topological polar surface area (TPSA) is 35.5 Å². The van der Waals surface area contributed by atoms with Crippen LogP contribution >= 0.6 is 0 Å². The van der Waals surface area contributed by atoms with Gasteiger partial charge in [0.05, 0.1) is 0 Å². The Kier molecular flexibility index (Phi) is 5.12. The standard InChI is InChI=1S/C13H16O3/c1-3-4-8-11(2)15-13(14)16-12-9-6-5-7-10-12/h3,5-7,9-11H,1,4,8H2,2H3. The highest BCUT2D eigenvalue weighted by atomic mass is 16.7. The molecular weight excluding hydrogens is 204 g/mol. The SMILES string of the molecule is C=CCCC(C)OC(=O)Oc1ccccc1. The fourth-order valence-electron chi connectivity index (χ4n) is 1.18. The fraction of sp³-hybridized carbons (Fsp3) is 0.308. The van der Waals surface area contributed by atoms with Gasteiger partial charge in [-0.05, 0) is 31.9 Å². The zero-order valence-corrected chi connectivity index (χ0v) is 9.39. The maximum Gasteiger partial charge on any atom is 0.514 e. The van der Waals surface area contributed by atoms with E-state index in [4.69, 9.17) is 9.47 Å². The molecule has 1 unspecified atom stereocenters. The van der Waals surface area contributed by atoms with Crippen molar-refractivity contribution in [2.45, 2.75) is 25.9 Å². The fourth-order valence-corrected chi connectivity index (χ4v) is 1.18. The molecule has 3 nitrogen and oxygen atoms in total. The second-order valence-electron chi connectivity index (χ2n) is 3.46. The second-order valence-corrected chi connectivity index (χ2v) is 3.46. The van der Waals surface area contributed by atoms with Crippen molar-refractivity contribution in [3.05, 3.63) is 43.0 Å². The highest BCUT2D eigenvalue weighted by Gasteiger charge is 2.10. The predicted octanol–water partition coefficient (Wildman–Crippen LogP) is 3.56. The third kappa shape index (κ3) is 4.64. The Balaban J connectivity index is 2.33. The number of carbonyl (C=O) groups is 1. The lowest BCUT2D eigenvalue weighted by atomic mass is 10.2. The van der Waals surface area contributed by atoms with Gasteiger partial charge < -0.3 is 9.47 Å². The molecule has 0 saturated carbocycles. The van der Waals surface area contributed by atoms with Gasteiger partial charge in [-0.15, -0.1) is 6.58 Å². The Morgan fingerprint density at radius 3 is 2.75 bits per heavy atom. The molecule has 0 spiro atoms. The molecule has 86 valence electrons. The average Bonchev–Trinajstić information content (AvgIpc) is 2.27. The van der Waals surface area contributed by atoms with Gasteiger partial charge in [0, 0.05) is 0 Å². The number of rotatable bonds is 5. The van der Waals surface area contributed by atoms with E-state index in [0.717, 1.165) is 12.8 Å². The summed E-state index contributed by atoms with van der Waals surface area (Å²) in [5.74, 6) is 0.489. The highest BCUT2D eigenvalue weighted by Crippen LogP contribution is 2.10. The largest absolute Gasteiger partial charge is 0.514 e. The van der Waals surface area contributed by atoms with Crippen LogP contribution < -0.4 is 4.74 Å². The van der Waals surface area contributed by atoms with E-state index in [2.05, 4.69) is 6.58 Å². The zero-order valence-electron chi connectivity index (χ0n) is 9.39. The summed E-state index contributed by atoms with van der Waals surface area (Å²) in [7, 11) is 0. The minimum atomic E-state index is -0.664. The summed E-state index contributed by atoms with van der Waals surface area (Å²) in [6, 6.07) is 8.85. The molecule has 0 fully saturated rings. The number of benzene rings is 1. The van der Waals surface area contributed by atoms with Crippen molar-refractivity contribution in [1.29, 1.82) is 0 Å². The Morgan fingerprint density at radius 1 is 1.44 bits per heavy atom. The summed E-state index contributed by atoms with van der Waals surface area (Å²) in [5.41, 5.74) is 0. The van der Waals surface area contributed by atoms with Crippen LogP contribution in [-0.4, -0.2) is 12.3 Å². The normalized spacial score (nSPS) is 11.6. The van der Waals surface area contributed by atoms with Gasteiger partial charge in [-0.1, -0.05) is 24.3 Å². The second kappa shape index (κ2) is 6.67. The molecular formula is C13H16O3. The van der Waals surface area contributed by atoms with E-state index in [1.165, 1.54) is 0 Å². The number of para-hydroxylation sites is 1. The molecule has 0 N–H and O–H groups in total. The van der Waals surface area contributed by atoms with Crippen LogP contribution in [0.15, 0.2) is 43.0 Å². The van der Waals surface area contributed by atoms with Crippen LogP contribution in [0.1, 0.15) is 19.8 Å². The van der Waals surface area contributed by atoms with Gasteiger partial charge in [-0.2, -0.15) is 0 Å². The number of ether oxygens (including phenoxy) is 2. The Hall–Kier alpha value is -1.77. The van der Waals surface area contributed by atoms with Gasteiger partial charge >= 0.3 is 6.16 Å². The van der Waals surface area contributed by atoms with E-state index < -0.39 is 6.16 Å². The first kappa shape index (κ1) is 12.3. The van der Waals surface area contributed by atoms with Crippen LogP contribution in [0.2, 0.25) is 0 Å². The Labute approximate surface area is 95.7 Å². The maximum atomic E-state index is 11.3. The van der Waals surface area contributed by atoms with Crippen molar-refractivity contribution in [2.24, 2.45) is 0 Å². The molecule has 0 bridgehead atoms. The van der Waals surface area contributed by atoms with E-state index >= 15 is 0 Å². The van der Waals surface area contributed by atoms with Gasteiger partial charge in [0.1, 0.15) is 11.9 Å². The third-order valence-corrected chi connectivity index (χ3v) is 2.02. The van der Waals surface area contributed by atoms with Crippen molar-refractivity contribution in [3.8, 4) is 5.75 Å². The predicted molar refractivity (Wildman–Crippen MR) is 62.4 cm³/mol. The molecule has 1 aromatic rings. The summed E-state index contributed by atoms with van der Waals surface area (Å²) in [6.07, 6.45) is 2.55. The number of hydrogen-bond donors (Lipinski definition) is 0. The van der Waals surface area contributed by atoms with Crippen LogP contribution in [0.4, 0.5) is 4.79 Å². The molecule has 0 amide bonds. The minimum Gasteiger partial charge on any atom is -0.431 e. The lowest BCUT2D eigenvalue weighted by Crippen LogP contribution is -2.18. The molecule has 1 rings (SSSR count). The smallest absolute Gasteiger partial charge is 0.431 e. The maximum absolute atomic E-state index is 11.3. The van der Waals surface area contributed by atoms with Crippen molar-refractivity contribution < 1.29 is 14.3 Å². The first-order chi connectivity index (χ1) is 7.72. The number of carbonyl (C=O) groups excluding carboxylic acids is 1. The van der Waals surface area contributed by atoms with Gasteiger partial charge in [-0.3, -0.25) is 0 Å². The van der Waals surface area contributed by atoms with Crippen LogP contribution in [0, 0.1) is 0 Å².